The summed E-state index contributed by atoms with van der Waals surface area (Å²) >= 11 is 0. The standard InChI is InChI=1S/C19H17FN4O3S/c1-4-11(2)28(26,27)24-16-7-5-6-13(17(16)20)18(25)15-10-23-19-14(15)8-12(21-3)9-22-19/h5-11,24H,4H2,1-2H3,(H,22,23). The van der Waals surface area contributed by atoms with E-state index in [1.165, 1.54) is 43.6 Å². The molecule has 0 fully saturated rings. The molecule has 2 heterocycles. The molecule has 3 rings (SSSR count). The minimum absolute atomic E-state index is 0.147. The van der Waals surface area contributed by atoms with Crippen molar-refractivity contribution in [2.75, 3.05) is 4.72 Å². The van der Waals surface area contributed by atoms with Gasteiger partial charge in [0, 0.05) is 23.3 Å². The quantitative estimate of drug-likeness (QED) is 0.482. The van der Waals surface area contributed by atoms with Gasteiger partial charge in [0.2, 0.25) is 15.7 Å². The van der Waals surface area contributed by atoms with E-state index >= 15 is 0 Å². The number of nitrogens with zero attached hydrogens (tertiary/aromatic N) is 2. The van der Waals surface area contributed by atoms with E-state index in [1.807, 2.05) is 0 Å². The van der Waals surface area contributed by atoms with Crippen molar-refractivity contribution < 1.29 is 17.6 Å². The fourth-order valence-electron chi connectivity index (χ4n) is 2.65. The van der Waals surface area contributed by atoms with Crippen LogP contribution < -0.4 is 4.72 Å². The van der Waals surface area contributed by atoms with Crippen molar-refractivity contribution in [2.45, 2.75) is 25.5 Å². The van der Waals surface area contributed by atoms with Crippen LogP contribution in [0.3, 0.4) is 0 Å². The molecule has 0 amide bonds. The predicted octanol–water partition coefficient (Wildman–Crippen LogP) is 4.02. The Bertz CT molecular complexity index is 1210. The largest absolute Gasteiger partial charge is 0.345 e. The van der Waals surface area contributed by atoms with Crippen LogP contribution in [0.2, 0.25) is 0 Å². The molecule has 0 aliphatic carbocycles. The van der Waals surface area contributed by atoms with Crippen LogP contribution in [0.1, 0.15) is 36.2 Å². The molecule has 144 valence electrons. The van der Waals surface area contributed by atoms with Gasteiger partial charge in [-0.25, -0.2) is 17.7 Å². The molecule has 1 aromatic carbocycles. The number of sulfonamides is 1. The van der Waals surface area contributed by atoms with Crippen LogP contribution >= 0.6 is 0 Å². The lowest BCUT2D eigenvalue weighted by Gasteiger charge is -2.14. The van der Waals surface area contributed by atoms with Gasteiger partial charge in [0.1, 0.15) is 5.65 Å². The topological polar surface area (TPSA) is 96.3 Å². The van der Waals surface area contributed by atoms with Crippen LogP contribution in [-0.4, -0.2) is 29.4 Å². The highest BCUT2D eigenvalue weighted by atomic mass is 32.2. The Kier molecular flexibility index (Phi) is 5.16. The SMILES string of the molecule is [C-]#[N+]c1cnc2[nH]cc(C(=O)c3cccc(NS(=O)(=O)C(C)CC)c3F)c2c1. The maximum atomic E-state index is 14.9. The number of carbonyl (C=O) groups excluding carboxylic acids is 1. The van der Waals surface area contributed by atoms with Gasteiger partial charge in [-0.05, 0) is 31.5 Å². The molecular formula is C19H17FN4O3S. The molecule has 0 radical (unpaired) electrons. The van der Waals surface area contributed by atoms with Gasteiger partial charge in [0.15, 0.2) is 11.6 Å². The molecule has 3 aromatic rings. The first-order valence-corrected chi connectivity index (χ1v) is 10.0. The first kappa shape index (κ1) is 19.5. The lowest BCUT2D eigenvalue weighted by Crippen LogP contribution is -2.25. The lowest BCUT2D eigenvalue weighted by atomic mass is 10.0. The van der Waals surface area contributed by atoms with E-state index in [4.69, 9.17) is 6.57 Å². The van der Waals surface area contributed by atoms with E-state index in [2.05, 4.69) is 19.5 Å². The third-order valence-electron chi connectivity index (χ3n) is 4.49. The highest BCUT2D eigenvalue weighted by Crippen LogP contribution is 2.27. The number of H-pyrrole nitrogens is 1. The van der Waals surface area contributed by atoms with E-state index in [-0.39, 0.29) is 22.5 Å². The summed E-state index contributed by atoms with van der Waals surface area (Å²) in [6, 6.07) is 5.44. The predicted molar refractivity (Wildman–Crippen MR) is 104 cm³/mol. The van der Waals surface area contributed by atoms with E-state index in [0.717, 1.165) is 0 Å². The average molecular weight is 400 g/mol. The maximum Gasteiger partial charge on any atom is 0.235 e. The van der Waals surface area contributed by atoms with Crippen molar-refractivity contribution in [3.05, 3.63) is 65.0 Å². The number of pyridine rings is 1. The number of hydrogen-bond acceptors (Lipinski definition) is 4. The lowest BCUT2D eigenvalue weighted by molar-refractivity contribution is 0.103. The molecule has 1 atom stereocenters. The van der Waals surface area contributed by atoms with E-state index in [0.29, 0.717) is 17.5 Å². The second-order valence-corrected chi connectivity index (χ2v) is 8.36. The van der Waals surface area contributed by atoms with Gasteiger partial charge in [0.25, 0.3) is 0 Å². The number of rotatable bonds is 6. The zero-order chi connectivity index (χ0) is 20.5. The second-order valence-electron chi connectivity index (χ2n) is 6.27. The number of benzene rings is 1. The van der Waals surface area contributed by atoms with Gasteiger partial charge in [0.05, 0.1) is 23.1 Å². The van der Waals surface area contributed by atoms with Crippen molar-refractivity contribution in [1.82, 2.24) is 9.97 Å². The van der Waals surface area contributed by atoms with Crippen molar-refractivity contribution in [1.29, 1.82) is 0 Å². The van der Waals surface area contributed by atoms with Crippen molar-refractivity contribution in [2.24, 2.45) is 0 Å². The normalized spacial score (nSPS) is 12.5. The van der Waals surface area contributed by atoms with Crippen LogP contribution in [0.4, 0.5) is 15.8 Å². The number of aromatic amines is 1. The summed E-state index contributed by atoms with van der Waals surface area (Å²) in [6.07, 6.45) is 3.12. The molecule has 0 saturated heterocycles. The van der Waals surface area contributed by atoms with Crippen molar-refractivity contribution >= 4 is 38.2 Å². The summed E-state index contributed by atoms with van der Waals surface area (Å²) in [5.41, 5.74) is 0.222. The van der Waals surface area contributed by atoms with Gasteiger partial charge in [-0.3, -0.25) is 14.5 Å². The molecule has 0 saturated carbocycles. The summed E-state index contributed by atoms with van der Waals surface area (Å²) in [4.78, 5) is 23.1. The monoisotopic (exact) mass is 400 g/mol. The molecule has 0 aliphatic rings. The summed E-state index contributed by atoms with van der Waals surface area (Å²) in [7, 11) is -3.78. The number of ketones is 1. The number of anilines is 1. The zero-order valence-electron chi connectivity index (χ0n) is 15.2. The Labute approximate surface area is 161 Å². The number of nitrogens with one attached hydrogen (secondary N) is 2. The van der Waals surface area contributed by atoms with Crippen LogP contribution in [0.15, 0.2) is 36.7 Å². The zero-order valence-corrected chi connectivity index (χ0v) is 16.0. The smallest absolute Gasteiger partial charge is 0.235 e. The number of carbonyl (C=O) groups is 1. The molecule has 7 nitrogen and oxygen atoms in total. The van der Waals surface area contributed by atoms with Crippen LogP contribution in [0.5, 0.6) is 0 Å². The summed E-state index contributed by atoms with van der Waals surface area (Å²) in [6.45, 7) is 10.3. The Morgan fingerprint density at radius 1 is 1.39 bits per heavy atom. The maximum absolute atomic E-state index is 14.9. The average Bonchev–Trinajstić information content (AvgIpc) is 3.11. The minimum Gasteiger partial charge on any atom is -0.345 e. The number of hydrogen-bond donors (Lipinski definition) is 2. The first-order chi connectivity index (χ1) is 13.3. The minimum atomic E-state index is -3.78. The molecule has 1 unspecified atom stereocenters. The molecule has 2 aromatic heterocycles. The highest BCUT2D eigenvalue weighted by Gasteiger charge is 2.24. The molecule has 2 N–H and O–H groups in total. The van der Waals surface area contributed by atoms with Crippen LogP contribution in [-0.2, 0) is 10.0 Å². The second kappa shape index (κ2) is 7.40. The molecular weight excluding hydrogens is 383 g/mol. The van der Waals surface area contributed by atoms with Crippen molar-refractivity contribution in [3.8, 4) is 0 Å². The van der Waals surface area contributed by atoms with Crippen molar-refractivity contribution in [3.63, 3.8) is 0 Å². The Hall–Kier alpha value is -3.25. The highest BCUT2D eigenvalue weighted by molar-refractivity contribution is 7.93. The summed E-state index contributed by atoms with van der Waals surface area (Å²) in [5, 5.41) is -0.318. The van der Waals surface area contributed by atoms with Crippen LogP contribution in [0, 0.1) is 12.4 Å². The molecule has 9 heteroatoms. The molecule has 0 spiro atoms. The molecule has 0 aliphatic heterocycles. The number of fused-ring (bicyclic) bond motifs is 1. The van der Waals surface area contributed by atoms with Crippen LogP contribution in [0.25, 0.3) is 15.9 Å². The first-order valence-electron chi connectivity index (χ1n) is 8.48. The Morgan fingerprint density at radius 2 is 2.14 bits per heavy atom. The third kappa shape index (κ3) is 3.46. The summed E-state index contributed by atoms with van der Waals surface area (Å²) < 4.78 is 41.6. The number of aromatic nitrogens is 2. The fourth-order valence-corrected chi connectivity index (χ4v) is 3.75. The third-order valence-corrected chi connectivity index (χ3v) is 6.39. The Balaban J connectivity index is 2.04. The molecule has 28 heavy (non-hydrogen) atoms. The van der Waals surface area contributed by atoms with Gasteiger partial charge in [-0.2, -0.15) is 0 Å². The summed E-state index contributed by atoms with van der Waals surface area (Å²) in [5.74, 6) is -1.60. The van der Waals surface area contributed by atoms with Gasteiger partial charge >= 0.3 is 0 Å². The van der Waals surface area contributed by atoms with Gasteiger partial charge < -0.3 is 4.98 Å². The molecule has 0 bridgehead atoms. The van der Waals surface area contributed by atoms with E-state index < -0.39 is 26.9 Å². The van der Waals surface area contributed by atoms with Gasteiger partial charge in [-0.1, -0.05) is 13.0 Å². The fraction of sp³-hybridized carbons (Fsp3) is 0.211. The van der Waals surface area contributed by atoms with E-state index in [1.54, 1.807) is 6.92 Å². The van der Waals surface area contributed by atoms with Gasteiger partial charge in [-0.15, -0.1) is 0 Å². The Morgan fingerprint density at radius 3 is 2.82 bits per heavy atom. The van der Waals surface area contributed by atoms with E-state index in [9.17, 15) is 17.6 Å². The number of halogens is 1.